The first-order valence-electron chi connectivity index (χ1n) is 8.26. The van der Waals surface area contributed by atoms with Crippen molar-refractivity contribution in [1.82, 2.24) is 9.61 Å². The normalized spacial score (nSPS) is 10.9. The maximum atomic E-state index is 11.7. The molecule has 0 bridgehead atoms. The van der Waals surface area contributed by atoms with Crippen LogP contribution in [0.2, 0.25) is 5.02 Å². The maximum Gasteiger partial charge on any atom is 0.411 e. The number of hydrogen-bond acceptors (Lipinski definition) is 5. The van der Waals surface area contributed by atoms with Crippen molar-refractivity contribution in [3.63, 3.8) is 0 Å². The molecule has 140 valence electrons. The number of ether oxygens (including phenoxy) is 2. The van der Waals surface area contributed by atoms with E-state index in [2.05, 4.69) is 10.4 Å². The molecule has 2 heterocycles. The highest BCUT2D eigenvalue weighted by Gasteiger charge is 2.14. The van der Waals surface area contributed by atoms with Crippen molar-refractivity contribution in [2.45, 2.75) is 26.9 Å². The van der Waals surface area contributed by atoms with Gasteiger partial charge >= 0.3 is 6.09 Å². The molecule has 2 aromatic heterocycles. The molecule has 1 aromatic carbocycles. The lowest BCUT2D eigenvalue weighted by Gasteiger charge is -2.12. The summed E-state index contributed by atoms with van der Waals surface area (Å²) in [5.41, 5.74) is 2.46. The van der Waals surface area contributed by atoms with E-state index in [0.29, 0.717) is 33.3 Å². The Morgan fingerprint density at radius 3 is 2.74 bits per heavy atom. The molecule has 3 aromatic rings. The molecule has 1 amide bonds. The first-order valence-corrected chi connectivity index (χ1v) is 8.64. The van der Waals surface area contributed by atoms with Crippen LogP contribution in [0, 0.1) is 6.92 Å². The third kappa shape index (κ3) is 4.03. The van der Waals surface area contributed by atoms with Crippen LogP contribution in [0.15, 0.2) is 36.7 Å². The number of hydrogen-bond donors (Lipinski definition) is 1. The van der Waals surface area contributed by atoms with Crippen LogP contribution in [0.5, 0.6) is 11.5 Å². The van der Waals surface area contributed by atoms with E-state index in [4.69, 9.17) is 21.1 Å². The van der Waals surface area contributed by atoms with Gasteiger partial charge in [0.15, 0.2) is 12.0 Å². The molecule has 0 saturated heterocycles. The van der Waals surface area contributed by atoms with Crippen molar-refractivity contribution < 1.29 is 19.1 Å². The fourth-order valence-corrected chi connectivity index (χ4v) is 2.80. The van der Waals surface area contributed by atoms with Gasteiger partial charge in [0.05, 0.1) is 17.3 Å². The summed E-state index contributed by atoms with van der Waals surface area (Å²) in [6.45, 7) is 5.35. The van der Waals surface area contributed by atoms with Crippen LogP contribution in [0.4, 0.5) is 10.5 Å². The van der Waals surface area contributed by atoms with E-state index < -0.39 is 6.09 Å². The molecule has 0 atom stereocenters. The number of aromatic nitrogens is 2. The topological polar surface area (TPSA) is 81.9 Å². The summed E-state index contributed by atoms with van der Waals surface area (Å²) in [6, 6.07) is 6.56. The first kappa shape index (κ1) is 18.7. The summed E-state index contributed by atoms with van der Waals surface area (Å²) in [7, 11) is 0. The second-order valence-electron chi connectivity index (χ2n) is 6.14. The van der Waals surface area contributed by atoms with Crippen LogP contribution in [-0.2, 0) is 4.74 Å². The Kier molecular flexibility index (Phi) is 5.32. The summed E-state index contributed by atoms with van der Waals surface area (Å²) in [4.78, 5) is 22.8. The van der Waals surface area contributed by atoms with Crippen LogP contribution in [-0.4, -0.2) is 28.1 Å². The van der Waals surface area contributed by atoms with Gasteiger partial charge in [-0.25, -0.2) is 9.31 Å². The monoisotopic (exact) mass is 387 g/mol. The molecule has 0 aliphatic heterocycles. The van der Waals surface area contributed by atoms with Crippen molar-refractivity contribution in [3.05, 3.63) is 52.8 Å². The quantitative estimate of drug-likeness (QED) is 0.632. The number of benzene rings is 1. The van der Waals surface area contributed by atoms with E-state index in [1.165, 1.54) is 0 Å². The summed E-state index contributed by atoms with van der Waals surface area (Å²) in [5.74, 6) is 0.915. The number of fused-ring (bicyclic) bond motifs is 1. The molecule has 0 aliphatic carbocycles. The highest BCUT2D eigenvalue weighted by atomic mass is 35.5. The summed E-state index contributed by atoms with van der Waals surface area (Å²) < 4.78 is 12.5. The van der Waals surface area contributed by atoms with Gasteiger partial charge in [0.1, 0.15) is 11.3 Å². The molecule has 0 unspecified atom stereocenters. The lowest BCUT2D eigenvalue weighted by molar-refractivity contribution is 0.112. The van der Waals surface area contributed by atoms with Crippen molar-refractivity contribution >= 4 is 35.2 Å². The number of carbonyl (C=O) groups excluding carboxylic acids is 2. The second kappa shape index (κ2) is 7.67. The van der Waals surface area contributed by atoms with Gasteiger partial charge in [-0.15, -0.1) is 0 Å². The fraction of sp³-hybridized carbons (Fsp3) is 0.211. The van der Waals surface area contributed by atoms with Gasteiger partial charge in [0.25, 0.3) is 0 Å². The molecule has 0 saturated carbocycles. The van der Waals surface area contributed by atoms with Gasteiger partial charge in [0, 0.05) is 23.5 Å². The van der Waals surface area contributed by atoms with Crippen LogP contribution in [0.3, 0.4) is 0 Å². The Hall–Kier alpha value is -3.06. The zero-order valence-corrected chi connectivity index (χ0v) is 15.8. The van der Waals surface area contributed by atoms with Crippen LogP contribution >= 0.6 is 11.6 Å². The number of carbonyl (C=O) groups is 2. The standard InChI is InChI=1S/C19H18ClN3O4/c1-11(2)26-19(25)22-14-4-5-16(15(20)8-14)27-17-6-7-21-23-9-13(10-24)12(3)18(17)23/h4-11H,1-3H3,(H,22,25). The molecular weight excluding hydrogens is 370 g/mol. The Labute approximate surface area is 160 Å². The first-order chi connectivity index (χ1) is 12.9. The Bertz CT molecular complexity index is 1010. The molecule has 8 heteroatoms. The average Bonchev–Trinajstić information content (AvgIpc) is 2.93. The van der Waals surface area contributed by atoms with Crippen molar-refractivity contribution in [1.29, 1.82) is 0 Å². The number of aryl methyl sites for hydroxylation is 1. The van der Waals surface area contributed by atoms with Gasteiger partial charge in [0.2, 0.25) is 0 Å². The number of anilines is 1. The van der Waals surface area contributed by atoms with Crippen LogP contribution in [0.25, 0.3) is 5.52 Å². The Morgan fingerprint density at radius 2 is 2.07 bits per heavy atom. The lowest BCUT2D eigenvalue weighted by atomic mass is 10.2. The van der Waals surface area contributed by atoms with Gasteiger partial charge in [-0.2, -0.15) is 5.10 Å². The minimum atomic E-state index is -0.559. The van der Waals surface area contributed by atoms with E-state index in [-0.39, 0.29) is 6.10 Å². The number of halogens is 1. The van der Waals surface area contributed by atoms with Crippen molar-refractivity contribution in [2.75, 3.05) is 5.32 Å². The number of amides is 1. The largest absolute Gasteiger partial charge is 0.453 e. The summed E-state index contributed by atoms with van der Waals surface area (Å²) in [5, 5.41) is 7.10. The molecule has 0 radical (unpaired) electrons. The Morgan fingerprint density at radius 1 is 1.30 bits per heavy atom. The van der Waals surface area contributed by atoms with E-state index in [1.807, 2.05) is 6.92 Å². The maximum absolute atomic E-state index is 11.7. The molecule has 3 rings (SSSR count). The van der Waals surface area contributed by atoms with Crippen molar-refractivity contribution in [3.8, 4) is 11.5 Å². The molecule has 0 aliphatic rings. The highest BCUT2D eigenvalue weighted by Crippen LogP contribution is 2.35. The van der Waals surface area contributed by atoms with E-state index in [9.17, 15) is 9.59 Å². The molecular formula is C19H18ClN3O4. The number of nitrogens with one attached hydrogen (secondary N) is 1. The summed E-state index contributed by atoms with van der Waals surface area (Å²) in [6.07, 6.45) is 3.20. The molecule has 27 heavy (non-hydrogen) atoms. The predicted octanol–water partition coefficient (Wildman–Crippen LogP) is 4.86. The second-order valence-corrected chi connectivity index (χ2v) is 6.55. The third-order valence-electron chi connectivity index (χ3n) is 3.80. The van der Waals surface area contributed by atoms with E-state index in [1.54, 1.807) is 55.0 Å². The number of rotatable bonds is 5. The van der Waals surface area contributed by atoms with E-state index in [0.717, 1.165) is 11.8 Å². The average molecular weight is 388 g/mol. The molecule has 0 fully saturated rings. The highest BCUT2D eigenvalue weighted by molar-refractivity contribution is 6.32. The SMILES string of the molecule is Cc1c(C=O)cn2nccc(Oc3ccc(NC(=O)OC(C)C)cc3Cl)c12. The Balaban J connectivity index is 1.86. The fourth-order valence-electron chi connectivity index (χ4n) is 2.58. The van der Waals surface area contributed by atoms with Crippen LogP contribution < -0.4 is 10.1 Å². The molecule has 7 nitrogen and oxygen atoms in total. The molecule has 0 spiro atoms. The number of nitrogens with zero attached hydrogens (tertiary/aromatic N) is 2. The minimum Gasteiger partial charge on any atom is -0.453 e. The minimum absolute atomic E-state index is 0.223. The smallest absolute Gasteiger partial charge is 0.411 e. The predicted molar refractivity (Wildman–Crippen MR) is 102 cm³/mol. The van der Waals surface area contributed by atoms with Gasteiger partial charge in [-0.05, 0) is 44.5 Å². The van der Waals surface area contributed by atoms with Gasteiger partial charge in [-0.3, -0.25) is 10.1 Å². The van der Waals surface area contributed by atoms with Gasteiger partial charge in [-0.1, -0.05) is 11.6 Å². The number of aldehydes is 1. The zero-order valence-electron chi connectivity index (χ0n) is 15.0. The molecule has 1 N–H and O–H groups in total. The zero-order chi connectivity index (χ0) is 19.6. The van der Waals surface area contributed by atoms with Crippen LogP contribution in [0.1, 0.15) is 29.8 Å². The van der Waals surface area contributed by atoms with Gasteiger partial charge < -0.3 is 9.47 Å². The van der Waals surface area contributed by atoms with E-state index >= 15 is 0 Å². The van der Waals surface area contributed by atoms with Crippen molar-refractivity contribution in [2.24, 2.45) is 0 Å². The summed E-state index contributed by atoms with van der Waals surface area (Å²) >= 11 is 6.30. The lowest BCUT2D eigenvalue weighted by Crippen LogP contribution is -2.17. The third-order valence-corrected chi connectivity index (χ3v) is 4.09.